The molecule has 1 atom stereocenters. The van der Waals surface area contributed by atoms with E-state index >= 15 is 0 Å². The number of dihydropyridines is 2. The van der Waals surface area contributed by atoms with Gasteiger partial charge in [-0.05, 0) is 58.8 Å². The number of nitrogens with one attached hydrogen (secondary N) is 2. The van der Waals surface area contributed by atoms with E-state index in [9.17, 15) is 0 Å². The maximum atomic E-state index is 8.12. The number of rotatable bonds is 2. The second-order valence-electron chi connectivity index (χ2n) is 5.47. The summed E-state index contributed by atoms with van der Waals surface area (Å²) in [6.45, 7) is 0. The second-order valence-corrected chi connectivity index (χ2v) is 7.45. The molecule has 1 aliphatic carbocycles. The van der Waals surface area contributed by atoms with Crippen LogP contribution in [0.15, 0.2) is 44.2 Å². The van der Waals surface area contributed by atoms with E-state index in [-0.39, 0.29) is 6.04 Å². The number of amidine groups is 1. The molecule has 7 heteroatoms. The molecule has 0 saturated heterocycles. The minimum atomic E-state index is 0.00945. The number of aliphatic imine (C=N–C) groups is 2. The minimum absolute atomic E-state index is 0.00945. The van der Waals surface area contributed by atoms with Gasteiger partial charge in [0, 0.05) is 16.6 Å². The van der Waals surface area contributed by atoms with Gasteiger partial charge in [0.1, 0.15) is 5.82 Å². The van der Waals surface area contributed by atoms with Crippen LogP contribution in [0.3, 0.4) is 0 Å². The third-order valence-electron chi connectivity index (χ3n) is 3.87. The summed E-state index contributed by atoms with van der Waals surface area (Å²) in [4.78, 5) is 8.73. The van der Waals surface area contributed by atoms with Gasteiger partial charge in [-0.2, -0.15) is 0 Å². The standard InChI is InChI=1S/C15H18BrN5S/c16-10-7-12-11(19-8-10)5-6-13(20-12)21-15(18)22-14(17)9-3-1-2-4-9/h5-9,12,17,20H,1-4H2,(H2,18,21). The highest BCUT2D eigenvalue weighted by atomic mass is 79.9. The number of hydrogen-bond acceptors (Lipinski definition) is 5. The Morgan fingerprint density at radius 1 is 1.41 bits per heavy atom. The molecule has 0 aromatic carbocycles. The highest BCUT2D eigenvalue weighted by molar-refractivity contribution is 9.12. The zero-order valence-corrected chi connectivity index (χ0v) is 14.5. The predicted octanol–water partition coefficient (Wildman–Crippen LogP) is 3.26. The van der Waals surface area contributed by atoms with Crippen LogP contribution in [0.4, 0.5) is 0 Å². The van der Waals surface area contributed by atoms with Crippen molar-refractivity contribution in [3.05, 3.63) is 34.2 Å². The van der Waals surface area contributed by atoms with E-state index in [1.165, 1.54) is 24.6 Å². The Labute approximate surface area is 142 Å². The van der Waals surface area contributed by atoms with E-state index in [1.807, 2.05) is 18.2 Å². The van der Waals surface area contributed by atoms with E-state index in [0.717, 1.165) is 23.0 Å². The Balaban J connectivity index is 1.64. The average molecular weight is 380 g/mol. The molecule has 5 nitrogen and oxygen atoms in total. The van der Waals surface area contributed by atoms with Crippen LogP contribution < -0.4 is 11.1 Å². The summed E-state index contributed by atoms with van der Waals surface area (Å²) in [6.07, 6.45) is 12.2. The normalized spacial score (nSPS) is 25.0. The summed E-state index contributed by atoms with van der Waals surface area (Å²) >= 11 is 4.70. The number of halogens is 1. The molecule has 0 radical (unpaired) electrons. The number of nitrogens with two attached hydrogens (primary N) is 1. The van der Waals surface area contributed by atoms with Crippen LogP contribution >= 0.6 is 27.7 Å². The molecule has 0 aromatic heterocycles. The van der Waals surface area contributed by atoms with Gasteiger partial charge in [0.2, 0.25) is 0 Å². The molecule has 0 bridgehead atoms. The molecule has 116 valence electrons. The number of thioether (sulfide) groups is 1. The molecule has 1 fully saturated rings. The lowest BCUT2D eigenvalue weighted by molar-refractivity contribution is 0.719. The van der Waals surface area contributed by atoms with Crippen molar-refractivity contribution in [2.75, 3.05) is 0 Å². The zero-order valence-electron chi connectivity index (χ0n) is 12.1. The Kier molecular flexibility index (Phi) is 4.83. The predicted molar refractivity (Wildman–Crippen MR) is 97.5 cm³/mol. The monoisotopic (exact) mass is 379 g/mol. The third kappa shape index (κ3) is 3.70. The van der Waals surface area contributed by atoms with Crippen molar-refractivity contribution in [3.63, 3.8) is 0 Å². The van der Waals surface area contributed by atoms with Gasteiger partial charge >= 0.3 is 0 Å². The maximum Gasteiger partial charge on any atom is 0.166 e. The van der Waals surface area contributed by atoms with Gasteiger partial charge in [-0.3, -0.25) is 10.4 Å². The van der Waals surface area contributed by atoms with Crippen molar-refractivity contribution in [3.8, 4) is 0 Å². The van der Waals surface area contributed by atoms with E-state index in [4.69, 9.17) is 11.1 Å². The Bertz CT molecular complexity index is 626. The summed E-state index contributed by atoms with van der Waals surface area (Å²) in [5, 5.41) is 12.5. The third-order valence-corrected chi connectivity index (χ3v) is 5.19. The van der Waals surface area contributed by atoms with E-state index in [1.54, 1.807) is 6.21 Å². The molecule has 0 spiro atoms. The fraction of sp³-hybridized carbons (Fsp3) is 0.400. The van der Waals surface area contributed by atoms with Crippen LogP contribution in [0.2, 0.25) is 0 Å². The maximum absolute atomic E-state index is 8.12. The molecule has 0 amide bonds. The number of hydrogen-bond donors (Lipinski definition) is 3. The number of nitrogens with zero attached hydrogens (tertiary/aromatic N) is 2. The van der Waals surface area contributed by atoms with Crippen molar-refractivity contribution in [1.29, 1.82) is 5.41 Å². The first-order valence-electron chi connectivity index (χ1n) is 7.32. The minimum Gasteiger partial charge on any atom is -0.378 e. The zero-order chi connectivity index (χ0) is 15.5. The van der Waals surface area contributed by atoms with Crippen molar-refractivity contribution in [1.82, 2.24) is 5.32 Å². The quantitative estimate of drug-likeness (QED) is 0.508. The first kappa shape index (κ1) is 15.6. The molecule has 1 saturated carbocycles. The molecule has 3 aliphatic rings. The van der Waals surface area contributed by atoms with Gasteiger partial charge in [0.25, 0.3) is 0 Å². The Morgan fingerprint density at radius 3 is 2.95 bits per heavy atom. The fourth-order valence-electron chi connectivity index (χ4n) is 2.73. The first-order chi connectivity index (χ1) is 10.6. The summed E-state index contributed by atoms with van der Waals surface area (Å²) in [5.41, 5.74) is 6.94. The van der Waals surface area contributed by atoms with E-state index < -0.39 is 0 Å². The average Bonchev–Trinajstić information content (AvgIpc) is 3.01. The van der Waals surface area contributed by atoms with Crippen LogP contribution in [0, 0.1) is 11.3 Å². The van der Waals surface area contributed by atoms with Gasteiger partial charge in [0.15, 0.2) is 5.17 Å². The number of allylic oxidation sites excluding steroid dienone is 3. The molecule has 1 unspecified atom stereocenters. The molecular weight excluding hydrogens is 362 g/mol. The lowest BCUT2D eigenvalue weighted by Gasteiger charge is -2.23. The van der Waals surface area contributed by atoms with Crippen molar-refractivity contribution < 1.29 is 0 Å². The van der Waals surface area contributed by atoms with Gasteiger partial charge in [-0.1, -0.05) is 12.8 Å². The largest absolute Gasteiger partial charge is 0.378 e. The lowest BCUT2D eigenvalue weighted by atomic mass is 10.1. The molecule has 2 aliphatic heterocycles. The number of fused-ring (bicyclic) bond motifs is 1. The molecule has 4 N–H and O–H groups in total. The molecule has 2 heterocycles. The van der Waals surface area contributed by atoms with Gasteiger partial charge in [0.05, 0.1) is 16.8 Å². The summed E-state index contributed by atoms with van der Waals surface area (Å²) < 4.78 is 0.942. The summed E-state index contributed by atoms with van der Waals surface area (Å²) in [7, 11) is 0. The van der Waals surface area contributed by atoms with Crippen LogP contribution in [0.5, 0.6) is 0 Å². The Hall–Kier alpha value is -1.34. The van der Waals surface area contributed by atoms with E-state index in [2.05, 4.69) is 31.2 Å². The van der Waals surface area contributed by atoms with Crippen LogP contribution in [-0.2, 0) is 0 Å². The van der Waals surface area contributed by atoms with Crippen LogP contribution in [-0.4, -0.2) is 22.5 Å². The van der Waals surface area contributed by atoms with Crippen LogP contribution in [0.1, 0.15) is 25.7 Å². The second kappa shape index (κ2) is 6.83. The molecule has 3 rings (SSSR count). The topological polar surface area (TPSA) is 86.6 Å². The highest BCUT2D eigenvalue weighted by Crippen LogP contribution is 2.29. The first-order valence-corrected chi connectivity index (χ1v) is 8.93. The molecule has 22 heavy (non-hydrogen) atoms. The van der Waals surface area contributed by atoms with Crippen molar-refractivity contribution in [2.24, 2.45) is 21.6 Å². The van der Waals surface area contributed by atoms with Crippen LogP contribution in [0.25, 0.3) is 0 Å². The van der Waals surface area contributed by atoms with Gasteiger partial charge in [-0.15, -0.1) is 0 Å². The van der Waals surface area contributed by atoms with Gasteiger partial charge < -0.3 is 11.1 Å². The highest BCUT2D eigenvalue weighted by Gasteiger charge is 2.22. The lowest BCUT2D eigenvalue weighted by Crippen LogP contribution is -2.32. The summed E-state index contributed by atoms with van der Waals surface area (Å²) in [6, 6.07) is 0.00945. The van der Waals surface area contributed by atoms with E-state index in [0.29, 0.717) is 22.0 Å². The van der Waals surface area contributed by atoms with Gasteiger partial charge in [-0.25, -0.2) is 4.99 Å². The molecule has 0 aromatic rings. The smallest absolute Gasteiger partial charge is 0.166 e. The summed E-state index contributed by atoms with van der Waals surface area (Å²) in [5.74, 6) is 1.07. The Morgan fingerprint density at radius 2 is 2.18 bits per heavy atom. The van der Waals surface area contributed by atoms with Crippen molar-refractivity contribution in [2.45, 2.75) is 31.7 Å². The fourth-order valence-corrected chi connectivity index (χ4v) is 3.87. The van der Waals surface area contributed by atoms with Crippen molar-refractivity contribution >= 4 is 44.1 Å². The SMILES string of the molecule is N=C(SC(N)=NC1=CC=C2N=CC(Br)=CC2N1)C1CCCC1. The molecular formula is C15H18BrN5S.